The molecule has 2 saturated carbocycles. The van der Waals surface area contributed by atoms with Crippen molar-refractivity contribution in [1.82, 2.24) is 35.1 Å². The van der Waals surface area contributed by atoms with E-state index in [0.29, 0.717) is 11.8 Å². The lowest BCUT2D eigenvalue weighted by atomic mass is 9.98. The Labute approximate surface area is 342 Å². The number of hydrogen-bond acceptors (Lipinski definition) is 7. The van der Waals surface area contributed by atoms with Gasteiger partial charge in [-0.25, -0.2) is 19.6 Å². The Morgan fingerprint density at radius 2 is 1.27 bits per heavy atom. The number of benzene rings is 4. The second-order valence-electron chi connectivity index (χ2n) is 16.9. The molecule has 300 valence electrons. The van der Waals surface area contributed by atoms with Crippen molar-refractivity contribution in [3.05, 3.63) is 121 Å². The summed E-state index contributed by atoms with van der Waals surface area (Å²) in [5.74, 6) is 2.34. The van der Waals surface area contributed by atoms with Crippen LogP contribution in [0.4, 0.5) is 9.59 Å². The number of hydrogen-bond donors (Lipinski definition) is 3. The van der Waals surface area contributed by atoms with Gasteiger partial charge in [0.05, 0.1) is 43.0 Å². The third-order valence-corrected chi connectivity index (χ3v) is 12.8. The molecule has 4 aliphatic rings. The molecule has 2 aliphatic carbocycles. The molecular formula is C47H47N7O5. The number of nitrogens with one attached hydrogen (secondary N) is 3. The zero-order chi connectivity index (χ0) is 40.4. The van der Waals surface area contributed by atoms with E-state index in [4.69, 9.17) is 19.4 Å². The summed E-state index contributed by atoms with van der Waals surface area (Å²) >= 11 is 0. The molecule has 12 heteroatoms. The van der Waals surface area contributed by atoms with Crippen molar-refractivity contribution < 1.29 is 23.9 Å². The van der Waals surface area contributed by atoms with Gasteiger partial charge in [0.25, 0.3) is 0 Å². The molecule has 59 heavy (non-hydrogen) atoms. The van der Waals surface area contributed by atoms with E-state index in [2.05, 4.69) is 75.9 Å². The number of carbonyl (C=O) groups is 3. The Morgan fingerprint density at radius 3 is 1.92 bits per heavy atom. The van der Waals surface area contributed by atoms with Crippen LogP contribution < -0.4 is 5.32 Å². The van der Waals surface area contributed by atoms with Crippen LogP contribution >= 0.6 is 0 Å². The van der Waals surface area contributed by atoms with E-state index in [-0.39, 0.29) is 48.7 Å². The van der Waals surface area contributed by atoms with Crippen molar-refractivity contribution in [3.8, 4) is 33.6 Å². The first-order valence-corrected chi connectivity index (χ1v) is 20.6. The van der Waals surface area contributed by atoms with Gasteiger partial charge < -0.3 is 29.7 Å². The predicted molar refractivity (Wildman–Crippen MR) is 223 cm³/mol. The summed E-state index contributed by atoms with van der Waals surface area (Å²) in [5.41, 5.74) is 7.05. The smallest absolute Gasteiger partial charge is 0.410 e. The normalized spacial score (nSPS) is 23.2. The zero-order valence-corrected chi connectivity index (χ0v) is 33.3. The van der Waals surface area contributed by atoms with Gasteiger partial charge >= 0.3 is 12.2 Å². The Bertz CT molecular complexity index is 2550. The molecular weight excluding hydrogens is 743 g/mol. The first kappa shape index (κ1) is 36.9. The molecule has 1 unspecified atom stereocenters. The first-order valence-electron chi connectivity index (χ1n) is 20.6. The monoisotopic (exact) mass is 789 g/mol. The van der Waals surface area contributed by atoms with Gasteiger partial charge in [-0.2, -0.15) is 0 Å². The van der Waals surface area contributed by atoms with E-state index in [1.807, 2.05) is 66.4 Å². The van der Waals surface area contributed by atoms with Gasteiger partial charge in [0.15, 0.2) is 0 Å². The van der Waals surface area contributed by atoms with Crippen molar-refractivity contribution in [2.45, 2.75) is 76.3 Å². The molecule has 0 bridgehead atoms. The number of carbonyl (C=O) groups excluding carboxylic acids is 3. The molecule has 0 spiro atoms. The molecule has 4 aromatic carbocycles. The molecule has 4 heterocycles. The number of piperidine rings is 2. The van der Waals surface area contributed by atoms with Gasteiger partial charge in [-0.05, 0) is 88.6 Å². The molecule has 3 N–H and O–H groups in total. The van der Waals surface area contributed by atoms with E-state index in [9.17, 15) is 14.4 Å². The van der Waals surface area contributed by atoms with Crippen molar-refractivity contribution in [1.29, 1.82) is 0 Å². The highest BCUT2D eigenvalue weighted by atomic mass is 16.6. The van der Waals surface area contributed by atoms with E-state index in [1.54, 1.807) is 0 Å². The number of nitrogens with zero attached hydrogens (tertiary/aromatic N) is 4. The second-order valence-corrected chi connectivity index (χ2v) is 16.9. The van der Waals surface area contributed by atoms with Crippen LogP contribution in [0.15, 0.2) is 103 Å². The number of alkyl carbamates (subject to hydrolysis) is 1. The van der Waals surface area contributed by atoms with E-state index < -0.39 is 12.1 Å². The van der Waals surface area contributed by atoms with Crippen molar-refractivity contribution in [2.24, 2.45) is 17.8 Å². The van der Waals surface area contributed by atoms with E-state index in [0.717, 1.165) is 87.3 Å². The van der Waals surface area contributed by atoms with Gasteiger partial charge in [-0.1, -0.05) is 92.7 Å². The minimum absolute atomic E-state index is 0.0905. The third-order valence-electron chi connectivity index (χ3n) is 12.8. The fourth-order valence-corrected chi connectivity index (χ4v) is 9.37. The highest BCUT2D eigenvalue weighted by molar-refractivity contribution is 5.91. The van der Waals surface area contributed by atoms with Gasteiger partial charge in [-0.15, -0.1) is 0 Å². The lowest BCUT2D eigenvalue weighted by molar-refractivity contribution is -0.136. The number of methoxy groups -OCH3 is 1. The van der Waals surface area contributed by atoms with Crippen LogP contribution in [0.25, 0.3) is 44.4 Å². The number of imidazole rings is 2. The van der Waals surface area contributed by atoms with Gasteiger partial charge in [0.1, 0.15) is 24.3 Å². The summed E-state index contributed by atoms with van der Waals surface area (Å²) in [6.07, 6.45) is 6.58. The lowest BCUT2D eigenvalue weighted by Crippen LogP contribution is -2.52. The number of likely N-dealkylation sites (tertiary alicyclic amines) is 2. The Morgan fingerprint density at radius 1 is 0.712 bits per heavy atom. The predicted octanol–water partition coefficient (Wildman–Crippen LogP) is 8.80. The molecule has 2 aliphatic heterocycles. The Balaban J connectivity index is 0.811. The standard InChI is InChI=1S/C47H47N7O5/c1-26(2)42(52-46(56)58-3)45(55)53-38-19-34(38)21-40(53)43-49-24-37(51-43)33-16-15-31-17-30(13-14-32(31)18-33)28-9-11-29(12-10-28)36-23-48-44(50-36)41-22-35-20-39(35)54(41)47(57)59-25-27-7-5-4-6-8-27/h4-18,23-24,26,34-35,38-42H,19-22,25H2,1-3H3,(H,48,50)(H,49,51)(H,52,56)/t34-,35-,38-,39-,40+,41?,42+/m1/s1. The largest absolute Gasteiger partial charge is 0.453 e. The maximum Gasteiger partial charge on any atom is 0.410 e. The molecule has 0 radical (unpaired) electrons. The molecule has 10 rings (SSSR count). The first-order chi connectivity index (χ1) is 28.7. The van der Waals surface area contributed by atoms with Crippen LogP contribution in [0.1, 0.15) is 68.8 Å². The van der Waals surface area contributed by atoms with Crippen LogP contribution in [0.2, 0.25) is 0 Å². The number of aromatic amines is 2. The number of rotatable bonds is 10. The quantitative estimate of drug-likeness (QED) is 0.126. The fraction of sp³-hybridized carbons (Fsp3) is 0.340. The van der Waals surface area contributed by atoms with Crippen LogP contribution in [-0.4, -0.2) is 73.1 Å². The SMILES string of the molecule is COC(=O)N[C@H](C(=O)N1[C@@H]2C[C@@H]2C[C@H]1c1ncc(-c2ccc3cc(-c4ccc(-c5cnc(C6C[C@H]7C[C@H]7N6C(=O)OCc6ccccc6)[nH]5)cc4)ccc3c2)[nH]1)C(C)C. The molecule has 4 fully saturated rings. The van der Waals surface area contributed by atoms with Gasteiger partial charge in [-0.3, -0.25) is 9.69 Å². The molecule has 6 aromatic rings. The van der Waals surface area contributed by atoms with E-state index in [1.165, 1.54) is 7.11 Å². The lowest BCUT2D eigenvalue weighted by Gasteiger charge is -2.31. The highest BCUT2D eigenvalue weighted by Gasteiger charge is 2.57. The average Bonchev–Trinajstić information content (AvgIpc) is 3.84. The Kier molecular flexibility index (Phi) is 9.22. The van der Waals surface area contributed by atoms with Crippen molar-refractivity contribution in [3.63, 3.8) is 0 Å². The second kappa shape index (κ2) is 14.7. The van der Waals surface area contributed by atoms with Gasteiger partial charge in [0, 0.05) is 17.6 Å². The average molecular weight is 790 g/mol. The summed E-state index contributed by atoms with van der Waals surface area (Å²) in [4.78, 5) is 59.5. The van der Waals surface area contributed by atoms with Crippen LogP contribution in [0.5, 0.6) is 0 Å². The summed E-state index contributed by atoms with van der Waals surface area (Å²) in [7, 11) is 1.31. The summed E-state index contributed by atoms with van der Waals surface area (Å²) in [5, 5.41) is 4.98. The minimum atomic E-state index is -0.670. The molecule has 7 atom stereocenters. The number of H-pyrrole nitrogens is 2. The van der Waals surface area contributed by atoms with Gasteiger partial charge in [0.2, 0.25) is 5.91 Å². The maximum absolute atomic E-state index is 13.8. The summed E-state index contributed by atoms with van der Waals surface area (Å²) < 4.78 is 10.5. The molecule has 3 amide bonds. The molecule has 2 aromatic heterocycles. The third kappa shape index (κ3) is 7.00. The molecule has 12 nitrogen and oxygen atoms in total. The highest BCUT2D eigenvalue weighted by Crippen LogP contribution is 2.54. The summed E-state index contributed by atoms with van der Waals surface area (Å²) in [6, 6.07) is 30.6. The van der Waals surface area contributed by atoms with Crippen LogP contribution in [-0.2, 0) is 20.9 Å². The maximum atomic E-state index is 13.8. The molecule has 2 saturated heterocycles. The van der Waals surface area contributed by atoms with Crippen LogP contribution in [0, 0.1) is 17.8 Å². The van der Waals surface area contributed by atoms with Crippen LogP contribution in [0.3, 0.4) is 0 Å². The number of aromatic nitrogens is 4. The minimum Gasteiger partial charge on any atom is -0.453 e. The summed E-state index contributed by atoms with van der Waals surface area (Å²) in [6.45, 7) is 4.11. The van der Waals surface area contributed by atoms with Crippen molar-refractivity contribution in [2.75, 3.05) is 7.11 Å². The number of amides is 3. The number of ether oxygens (including phenoxy) is 2. The Hall–Kier alpha value is -6.43. The van der Waals surface area contributed by atoms with Crippen molar-refractivity contribution >= 4 is 28.9 Å². The zero-order valence-electron chi connectivity index (χ0n) is 33.3. The topological polar surface area (TPSA) is 146 Å². The van der Waals surface area contributed by atoms with E-state index >= 15 is 0 Å². The fourth-order valence-electron chi connectivity index (χ4n) is 9.37. The number of fused-ring (bicyclic) bond motifs is 3.